The van der Waals surface area contributed by atoms with Crippen molar-refractivity contribution in [3.8, 4) is 0 Å². The van der Waals surface area contributed by atoms with Crippen LogP contribution in [0.15, 0.2) is 36.4 Å². The molecule has 0 unspecified atom stereocenters. The summed E-state index contributed by atoms with van der Waals surface area (Å²) in [6, 6.07) is 9.41. The van der Waals surface area contributed by atoms with Crippen molar-refractivity contribution >= 4 is 11.6 Å². The van der Waals surface area contributed by atoms with Gasteiger partial charge in [-0.3, -0.25) is 4.79 Å². The number of rotatable bonds is 4. The predicted molar refractivity (Wildman–Crippen MR) is 73.4 cm³/mol. The van der Waals surface area contributed by atoms with Gasteiger partial charge in [-0.25, -0.2) is 8.78 Å². The van der Waals surface area contributed by atoms with E-state index in [2.05, 4.69) is 5.32 Å². The Bertz CT molecular complexity index is 656. The summed E-state index contributed by atoms with van der Waals surface area (Å²) >= 11 is 0. The van der Waals surface area contributed by atoms with Gasteiger partial charge in [-0.15, -0.1) is 0 Å². The highest BCUT2D eigenvalue weighted by molar-refractivity contribution is 5.94. The second-order valence-electron chi connectivity index (χ2n) is 4.52. The number of carbonyl (C=O) groups is 1. The quantitative estimate of drug-likeness (QED) is 0.902. The van der Waals surface area contributed by atoms with Gasteiger partial charge in [-0.1, -0.05) is 29.8 Å². The Hall–Kier alpha value is -2.43. The Morgan fingerprint density at radius 1 is 1.20 bits per heavy atom. The first-order valence-corrected chi connectivity index (χ1v) is 6.05. The topological polar surface area (TPSA) is 55.1 Å². The molecule has 3 N–H and O–H groups in total. The zero-order valence-corrected chi connectivity index (χ0v) is 10.9. The molecule has 0 aliphatic carbocycles. The first-order valence-electron chi connectivity index (χ1n) is 6.05. The lowest BCUT2D eigenvalue weighted by Crippen LogP contribution is -2.14. The summed E-state index contributed by atoms with van der Waals surface area (Å²) in [5.74, 6) is -2.66. The summed E-state index contributed by atoms with van der Waals surface area (Å²) in [6.07, 6.45) is 0. The van der Waals surface area contributed by atoms with Gasteiger partial charge >= 0.3 is 0 Å². The number of halogens is 2. The van der Waals surface area contributed by atoms with Crippen LogP contribution >= 0.6 is 0 Å². The number of aryl methyl sites for hydroxylation is 1. The van der Waals surface area contributed by atoms with E-state index in [1.165, 1.54) is 0 Å². The molecule has 0 heterocycles. The summed E-state index contributed by atoms with van der Waals surface area (Å²) < 4.78 is 27.0. The molecule has 5 heteroatoms. The minimum absolute atomic E-state index is 0.0432. The maximum atomic E-state index is 13.6. The number of nitrogens with one attached hydrogen (secondary N) is 1. The van der Waals surface area contributed by atoms with Gasteiger partial charge in [0.2, 0.25) is 0 Å². The number of amides is 1. The Labute approximate surface area is 115 Å². The van der Waals surface area contributed by atoms with Crippen LogP contribution in [0.4, 0.5) is 14.5 Å². The van der Waals surface area contributed by atoms with E-state index >= 15 is 0 Å². The molecule has 0 aliphatic heterocycles. The largest absolute Gasteiger partial charge is 0.379 e. The minimum Gasteiger partial charge on any atom is -0.379 e. The van der Waals surface area contributed by atoms with Crippen LogP contribution in [0.3, 0.4) is 0 Å². The second kappa shape index (κ2) is 5.69. The van der Waals surface area contributed by atoms with Crippen molar-refractivity contribution in [3.63, 3.8) is 0 Å². The van der Waals surface area contributed by atoms with Crippen molar-refractivity contribution in [3.05, 3.63) is 64.7 Å². The number of hydrogen-bond acceptors (Lipinski definition) is 2. The molecule has 2 aromatic carbocycles. The Balaban J connectivity index is 2.21. The molecule has 0 saturated heterocycles. The van der Waals surface area contributed by atoms with Crippen LogP contribution < -0.4 is 11.1 Å². The van der Waals surface area contributed by atoms with E-state index in [-0.39, 0.29) is 11.3 Å². The fraction of sp³-hybridized carbons (Fsp3) is 0.133. The summed E-state index contributed by atoms with van der Waals surface area (Å²) in [7, 11) is 0. The minimum atomic E-state index is -0.962. The van der Waals surface area contributed by atoms with Gasteiger partial charge in [0.25, 0.3) is 5.91 Å². The lowest BCUT2D eigenvalue weighted by atomic mass is 10.1. The van der Waals surface area contributed by atoms with E-state index in [4.69, 9.17) is 5.73 Å². The predicted octanol–water partition coefficient (Wildman–Crippen LogP) is 2.98. The van der Waals surface area contributed by atoms with E-state index in [0.29, 0.717) is 12.6 Å². The van der Waals surface area contributed by atoms with Crippen LogP contribution in [0.5, 0.6) is 0 Å². The van der Waals surface area contributed by atoms with Crippen molar-refractivity contribution in [2.45, 2.75) is 13.5 Å². The third kappa shape index (κ3) is 3.12. The fourth-order valence-corrected chi connectivity index (χ4v) is 1.89. The molecule has 0 spiro atoms. The molecular formula is C15H14F2N2O. The van der Waals surface area contributed by atoms with Gasteiger partial charge < -0.3 is 11.1 Å². The number of anilines is 1. The van der Waals surface area contributed by atoms with Gasteiger partial charge in [0.1, 0.15) is 11.6 Å². The van der Waals surface area contributed by atoms with Gasteiger partial charge in [0.05, 0.1) is 11.3 Å². The van der Waals surface area contributed by atoms with Crippen LogP contribution in [-0.4, -0.2) is 5.91 Å². The van der Waals surface area contributed by atoms with E-state index in [0.717, 1.165) is 17.2 Å². The number of nitrogens with two attached hydrogens (primary N) is 1. The maximum absolute atomic E-state index is 13.6. The fourth-order valence-electron chi connectivity index (χ4n) is 1.89. The van der Waals surface area contributed by atoms with E-state index in [9.17, 15) is 13.6 Å². The summed E-state index contributed by atoms with van der Waals surface area (Å²) in [6.45, 7) is 2.32. The first kappa shape index (κ1) is 14.0. The van der Waals surface area contributed by atoms with Gasteiger partial charge in [-0.05, 0) is 18.6 Å². The molecule has 1 amide bonds. The van der Waals surface area contributed by atoms with Crippen molar-refractivity contribution in [2.24, 2.45) is 5.73 Å². The third-order valence-corrected chi connectivity index (χ3v) is 2.89. The van der Waals surface area contributed by atoms with Gasteiger partial charge in [0.15, 0.2) is 0 Å². The zero-order chi connectivity index (χ0) is 14.7. The number of carbonyl (C=O) groups excluding carboxylic acids is 1. The Morgan fingerprint density at radius 3 is 2.60 bits per heavy atom. The molecule has 0 bridgehead atoms. The van der Waals surface area contributed by atoms with Crippen molar-refractivity contribution in [2.75, 3.05) is 5.32 Å². The SMILES string of the molecule is Cc1cccc(CNc2cc(C(N)=O)c(F)cc2F)c1. The summed E-state index contributed by atoms with van der Waals surface area (Å²) in [5.41, 5.74) is 6.78. The second-order valence-corrected chi connectivity index (χ2v) is 4.52. The highest BCUT2D eigenvalue weighted by atomic mass is 19.1. The highest BCUT2D eigenvalue weighted by Crippen LogP contribution is 2.20. The van der Waals surface area contributed by atoms with Crippen molar-refractivity contribution in [1.29, 1.82) is 0 Å². The van der Waals surface area contributed by atoms with Crippen molar-refractivity contribution in [1.82, 2.24) is 0 Å². The van der Waals surface area contributed by atoms with Crippen LogP contribution in [0.1, 0.15) is 21.5 Å². The molecule has 2 aromatic rings. The smallest absolute Gasteiger partial charge is 0.251 e. The average molecular weight is 276 g/mol. The Kier molecular flexibility index (Phi) is 3.98. The number of hydrogen-bond donors (Lipinski definition) is 2. The molecule has 0 saturated carbocycles. The monoisotopic (exact) mass is 276 g/mol. The molecule has 0 aliphatic rings. The van der Waals surface area contributed by atoms with Crippen LogP contribution in [0.2, 0.25) is 0 Å². The van der Waals surface area contributed by atoms with Crippen molar-refractivity contribution < 1.29 is 13.6 Å². The zero-order valence-electron chi connectivity index (χ0n) is 10.9. The lowest BCUT2D eigenvalue weighted by Gasteiger charge is -2.10. The number of benzene rings is 2. The molecule has 3 nitrogen and oxygen atoms in total. The highest BCUT2D eigenvalue weighted by Gasteiger charge is 2.13. The van der Waals surface area contributed by atoms with E-state index in [1.807, 2.05) is 31.2 Å². The first-order chi connectivity index (χ1) is 9.47. The lowest BCUT2D eigenvalue weighted by molar-refractivity contribution is 0.0996. The maximum Gasteiger partial charge on any atom is 0.251 e. The molecule has 0 aromatic heterocycles. The van der Waals surface area contributed by atoms with E-state index in [1.54, 1.807) is 0 Å². The standard InChI is InChI=1S/C15H14F2N2O/c1-9-3-2-4-10(5-9)8-19-14-6-11(15(18)20)12(16)7-13(14)17/h2-7,19H,8H2,1H3,(H2,18,20). The van der Waals surface area contributed by atoms with Crippen LogP contribution in [-0.2, 0) is 6.54 Å². The molecule has 0 fully saturated rings. The molecule has 2 rings (SSSR count). The van der Waals surface area contributed by atoms with Crippen LogP contribution in [0.25, 0.3) is 0 Å². The Morgan fingerprint density at radius 2 is 1.95 bits per heavy atom. The molecule has 0 atom stereocenters. The normalized spacial score (nSPS) is 10.3. The number of primary amides is 1. The van der Waals surface area contributed by atoms with Gasteiger partial charge in [0, 0.05) is 12.6 Å². The summed E-state index contributed by atoms with van der Waals surface area (Å²) in [5, 5.41) is 2.83. The molecule has 104 valence electrons. The molecule has 20 heavy (non-hydrogen) atoms. The molecule has 0 radical (unpaired) electrons. The van der Waals surface area contributed by atoms with E-state index < -0.39 is 17.5 Å². The third-order valence-electron chi connectivity index (χ3n) is 2.89. The van der Waals surface area contributed by atoms with Gasteiger partial charge in [-0.2, -0.15) is 0 Å². The molecular weight excluding hydrogens is 262 g/mol. The summed E-state index contributed by atoms with van der Waals surface area (Å²) in [4.78, 5) is 11.0. The van der Waals surface area contributed by atoms with Crippen LogP contribution in [0, 0.1) is 18.6 Å². The average Bonchev–Trinajstić information content (AvgIpc) is 2.37.